The number of nitro groups is 1. The van der Waals surface area contributed by atoms with E-state index in [1.807, 2.05) is 49.1 Å². The Morgan fingerprint density at radius 3 is 2.47 bits per heavy atom. The smallest absolute Gasteiger partial charge is 0.341 e. The molecule has 170 valence electrons. The van der Waals surface area contributed by atoms with Crippen molar-refractivity contribution in [3.63, 3.8) is 0 Å². The van der Waals surface area contributed by atoms with E-state index in [0.717, 1.165) is 5.56 Å². The Kier molecular flexibility index (Phi) is 7.77. The zero-order valence-corrected chi connectivity index (χ0v) is 18.2. The van der Waals surface area contributed by atoms with E-state index in [-0.39, 0.29) is 23.2 Å². The van der Waals surface area contributed by atoms with Crippen molar-refractivity contribution in [1.29, 1.82) is 0 Å². The minimum Gasteiger partial charge on any atom is -0.452 e. The number of nitrogens with zero attached hydrogens (tertiary/aromatic N) is 3. The van der Waals surface area contributed by atoms with E-state index in [1.165, 1.54) is 18.2 Å². The molecular formula is C23H27N3O6. The first kappa shape index (κ1) is 23.2. The van der Waals surface area contributed by atoms with Crippen LogP contribution < -0.4 is 4.90 Å². The zero-order valence-electron chi connectivity index (χ0n) is 18.2. The third-order valence-electron chi connectivity index (χ3n) is 5.23. The molecule has 32 heavy (non-hydrogen) atoms. The molecular weight excluding hydrogens is 414 g/mol. The average molecular weight is 441 g/mol. The fraction of sp³-hybridized carbons (Fsp3) is 0.391. The van der Waals surface area contributed by atoms with E-state index in [2.05, 4.69) is 0 Å². The molecule has 0 atom stereocenters. The Balaban J connectivity index is 1.74. The van der Waals surface area contributed by atoms with Crippen LogP contribution in [0.4, 0.5) is 11.4 Å². The largest absolute Gasteiger partial charge is 0.452 e. The molecule has 0 spiro atoms. The lowest BCUT2D eigenvalue weighted by atomic mass is 10.1. The molecule has 1 aliphatic heterocycles. The standard InChI is InChI=1S/C23H27N3O6/c1-17(2)25(15-18-6-4-3-5-7-18)22(27)16-32-23(28)20-14-19(26(29)30)8-9-21(20)24-10-12-31-13-11-24/h3-9,14,17H,10-13,15-16H2,1-2H3. The molecule has 0 aromatic heterocycles. The molecule has 0 saturated carbocycles. The molecule has 1 saturated heterocycles. The Hall–Kier alpha value is -3.46. The molecule has 3 rings (SSSR count). The number of hydrogen-bond acceptors (Lipinski definition) is 7. The van der Waals surface area contributed by atoms with Crippen molar-refractivity contribution >= 4 is 23.3 Å². The van der Waals surface area contributed by atoms with E-state index >= 15 is 0 Å². The lowest BCUT2D eigenvalue weighted by molar-refractivity contribution is -0.384. The van der Waals surface area contributed by atoms with Crippen molar-refractivity contribution < 1.29 is 24.0 Å². The van der Waals surface area contributed by atoms with Crippen LogP contribution in [-0.2, 0) is 20.8 Å². The van der Waals surface area contributed by atoms with Crippen LogP contribution >= 0.6 is 0 Å². The van der Waals surface area contributed by atoms with E-state index < -0.39 is 17.5 Å². The molecule has 0 N–H and O–H groups in total. The minimum atomic E-state index is -0.771. The van der Waals surface area contributed by atoms with Gasteiger partial charge in [-0.2, -0.15) is 0 Å². The van der Waals surface area contributed by atoms with Crippen molar-refractivity contribution in [2.75, 3.05) is 37.8 Å². The molecule has 1 aliphatic rings. The number of hydrogen-bond donors (Lipinski definition) is 0. The summed E-state index contributed by atoms with van der Waals surface area (Å²) in [6.45, 7) is 5.81. The van der Waals surface area contributed by atoms with Crippen molar-refractivity contribution in [2.45, 2.75) is 26.4 Å². The normalized spacial score (nSPS) is 13.7. The first-order chi connectivity index (χ1) is 15.4. The van der Waals surface area contributed by atoms with Crippen LogP contribution in [0.3, 0.4) is 0 Å². The zero-order chi connectivity index (χ0) is 23.1. The number of anilines is 1. The Morgan fingerprint density at radius 2 is 1.84 bits per heavy atom. The molecule has 9 heteroatoms. The van der Waals surface area contributed by atoms with E-state index in [4.69, 9.17) is 9.47 Å². The highest BCUT2D eigenvalue weighted by atomic mass is 16.6. The van der Waals surface area contributed by atoms with Gasteiger partial charge in [0.05, 0.1) is 29.4 Å². The Bertz CT molecular complexity index is 957. The van der Waals surface area contributed by atoms with Crippen molar-refractivity contribution in [2.24, 2.45) is 0 Å². The number of benzene rings is 2. The van der Waals surface area contributed by atoms with E-state index in [1.54, 1.807) is 4.90 Å². The maximum atomic E-state index is 12.9. The summed E-state index contributed by atoms with van der Waals surface area (Å²) in [6.07, 6.45) is 0. The van der Waals surface area contributed by atoms with Gasteiger partial charge in [0.2, 0.25) is 0 Å². The number of carbonyl (C=O) groups is 2. The summed E-state index contributed by atoms with van der Waals surface area (Å²) < 4.78 is 10.7. The second-order valence-corrected chi connectivity index (χ2v) is 7.74. The summed E-state index contributed by atoms with van der Waals surface area (Å²) in [5, 5.41) is 11.2. The number of esters is 1. The van der Waals surface area contributed by atoms with Crippen LogP contribution in [-0.4, -0.2) is 60.7 Å². The number of carbonyl (C=O) groups excluding carboxylic acids is 2. The van der Waals surface area contributed by atoms with Gasteiger partial charge < -0.3 is 19.3 Å². The fourth-order valence-corrected chi connectivity index (χ4v) is 3.51. The highest BCUT2D eigenvalue weighted by Gasteiger charge is 2.25. The summed E-state index contributed by atoms with van der Waals surface area (Å²) in [5.41, 5.74) is 1.34. The topological polar surface area (TPSA) is 102 Å². The summed E-state index contributed by atoms with van der Waals surface area (Å²) in [6, 6.07) is 13.5. The highest BCUT2D eigenvalue weighted by molar-refractivity contribution is 5.97. The van der Waals surface area contributed by atoms with E-state index in [0.29, 0.717) is 38.5 Å². The minimum absolute atomic E-state index is 0.0630. The first-order valence-electron chi connectivity index (χ1n) is 10.5. The molecule has 1 amide bonds. The number of rotatable bonds is 8. The molecule has 0 unspecified atom stereocenters. The maximum Gasteiger partial charge on any atom is 0.341 e. The number of morpholine rings is 1. The summed E-state index contributed by atoms with van der Waals surface area (Å²) in [7, 11) is 0. The highest BCUT2D eigenvalue weighted by Crippen LogP contribution is 2.27. The Labute approximate surface area is 186 Å². The van der Waals surface area contributed by atoms with Crippen LogP contribution in [0.5, 0.6) is 0 Å². The van der Waals surface area contributed by atoms with Gasteiger partial charge in [0.25, 0.3) is 11.6 Å². The second kappa shape index (κ2) is 10.7. The molecule has 1 fully saturated rings. The first-order valence-corrected chi connectivity index (χ1v) is 10.5. The van der Waals surface area contributed by atoms with Gasteiger partial charge in [-0.05, 0) is 25.5 Å². The van der Waals surface area contributed by atoms with Crippen LogP contribution in [0.15, 0.2) is 48.5 Å². The van der Waals surface area contributed by atoms with Crippen LogP contribution in [0.25, 0.3) is 0 Å². The van der Waals surface area contributed by atoms with Gasteiger partial charge in [0, 0.05) is 37.8 Å². The van der Waals surface area contributed by atoms with Crippen LogP contribution in [0, 0.1) is 10.1 Å². The van der Waals surface area contributed by atoms with Gasteiger partial charge in [0.1, 0.15) is 0 Å². The lowest BCUT2D eigenvalue weighted by Crippen LogP contribution is -2.39. The molecule has 1 heterocycles. The van der Waals surface area contributed by atoms with Crippen molar-refractivity contribution in [3.8, 4) is 0 Å². The van der Waals surface area contributed by atoms with Crippen LogP contribution in [0.1, 0.15) is 29.8 Å². The van der Waals surface area contributed by atoms with E-state index in [9.17, 15) is 19.7 Å². The third kappa shape index (κ3) is 5.82. The molecule has 2 aromatic carbocycles. The molecule has 0 aliphatic carbocycles. The summed E-state index contributed by atoms with van der Waals surface area (Å²) in [4.78, 5) is 39.9. The average Bonchev–Trinajstić information content (AvgIpc) is 2.81. The number of amides is 1. The second-order valence-electron chi connectivity index (χ2n) is 7.74. The van der Waals surface area contributed by atoms with Gasteiger partial charge in [-0.25, -0.2) is 4.79 Å². The Morgan fingerprint density at radius 1 is 1.16 bits per heavy atom. The van der Waals surface area contributed by atoms with Crippen molar-refractivity contribution in [3.05, 3.63) is 69.8 Å². The predicted molar refractivity (Wildman–Crippen MR) is 119 cm³/mol. The van der Waals surface area contributed by atoms with Crippen LogP contribution in [0.2, 0.25) is 0 Å². The predicted octanol–water partition coefficient (Wildman–Crippen LogP) is 3.03. The van der Waals surface area contributed by atoms with Gasteiger partial charge in [-0.1, -0.05) is 30.3 Å². The number of non-ortho nitro benzene ring substituents is 1. The lowest BCUT2D eigenvalue weighted by Gasteiger charge is -2.30. The SMILES string of the molecule is CC(C)N(Cc1ccccc1)C(=O)COC(=O)c1cc([N+](=O)[O-])ccc1N1CCOCC1. The van der Waals surface area contributed by atoms with Gasteiger partial charge in [-0.15, -0.1) is 0 Å². The van der Waals surface area contributed by atoms with Gasteiger partial charge in [0.15, 0.2) is 6.61 Å². The summed E-state index contributed by atoms with van der Waals surface area (Å²) >= 11 is 0. The maximum absolute atomic E-state index is 12.9. The monoisotopic (exact) mass is 441 g/mol. The quantitative estimate of drug-likeness (QED) is 0.352. The van der Waals surface area contributed by atoms with Gasteiger partial charge >= 0.3 is 5.97 Å². The molecule has 9 nitrogen and oxygen atoms in total. The number of nitro benzene ring substituents is 1. The molecule has 2 aromatic rings. The third-order valence-corrected chi connectivity index (χ3v) is 5.23. The van der Waals surface area contributed by atoms with Gasteiger partial charge in [-0.3, -0.25) is 14.9 Å². The fourth-order valence-electron chi connectivity index (χ4n) is 3.51. The number of ether oxygens (including phenoxy) is 2. The summed E-state index contributed by atoms with van der Waals surface area (Å²) in [5.74, 6) is -1.11. The molecule has 0 bridgehead atoms. The molecule has 0 radical (unpaired) electrons. The van der Waals surface area contributed by atoms with Crippen molar-refractivity contribution in [1.82, 2.24) is 4.90 Å².